The number of nitrogens with zero attached hydrogens (tertiary/aromatic N) is 3. The van der Waals surface area contributed by atoms with Crippen LogP contribution in [-0.4, -0.2) is 79.0 Å². The topological polar surface area (TPSA) is 95.8 Å². The molecule has 148 valence electrons. The van der Waals surface area contributed by atoms with E-state index in [1.807, 2.05) is 11.8 Å². The van der Waals surface area contributed by atoms with E-state index in [1.165, 1.54) is 4.31 Å². The smallest absolute Gasteiger partial charge is 0.248 e. The first-order valence-electron chi connectivity index (χ1n) is 8.41. The lowest BCUT2D eigenvalue weighted by molar-refractivity contribution is -0.132. The number of thioether (sulfide) groups is 1. The lowest BCUT2D eigenvalue weighted by atomic mass is 10.2. The highest BCUT2D eigenvalue weighted by Crippen LogP contribution is 2.24. The van der Waals surface area contributed by atoms with Crippen LogP contribution in [0.4, 0.5) is 0 Å². The average molecular weight is 425 g/mol. The monoisotopic (exact) mass is 424 g/mol. The molecule has 26 heavy (non-hydrogen) atoms. The van der Waals surface area contributed by atoms with Crippen molar-refractivity contribution in [2.45, 2.75) is 31.2 Å². The molecule has 2 saturated heterocycles. The summed E-state index contributed by atoms with van der Waals surface area (Å²) in [4.78, 5) is 14.4. The minimum Gasteiger partial charge on any atom is -0.360 e. The SMILES string of the molecule is Cc1noc(C)c1S(=O)(=O)N1CCN(C(=O)CC2CSCCN2)CC1.Cl. The summed E-state index contributed by atoms with van der Waals surface area (Å²) in [5.74, 6) is 2.43. The first kappa shape index (κ1) is 21.5. The predicted octanol–water partition coefficient (Wildman–Crippen LogP) is 0.641. The molecule has 0 bridgehead atoms. The Kier molecular flexibility index (Phi) is 7.37. The minimum atomic E-state index is -3.63. The summed E-state index contributed by atoms with van der Waals surface area (Å²) in [6.07, 6.45) is 0.476. The Morgan fingerprint density at radius 3 is 2.54 bits per heavy atom. The highest BCUT2D eigenvalue weighted by atomic mass is 35.5. The van der Waals surface area contributed by atoms with Gasteiger partial charge in [-0.25, -0.2) is 8.42 Å². The molecular weight excluding hydrogens is 400 g/mol. The molecule has 1 atom stereocenters. The second-order valence-electron chi connectivity index (χ2n) is 6.37. The summed E-state index contributed by atoms with van der Waals surface area (Å²) in [6, 6.07) is 0.218. The number of aromatic nitrogens is 1. The number of nitrogens with one attached hydrogen (secondary N) is 1. The molecule has 2 aliphatic rings. The maximum absolute atomic E-state index is 12.8. The Morgan fingerprint density at radius 2 is 2.00 bits per heavy atom. The van der Waals surface area contributed by atoms with E-state index in [9.17, 15) is 13.2 Å². The van der Waals surface area contributed by atoms with Crippen molar-refractivity contribution in [1.29, 1.82) is 0 Å². The van der Waals surface area contributed by atoms with Crippen molar-refractivity contribution in [3.63, 3.8) is 0 Å². The van der Waals surface area contributed by atoms with Gasteiger partial charge >= 0.3 is 0 Å². The van der Waals surface area contributed by atoms with Crippen LogP contribution in [0.2, 0.25) is 0 Å². The van der Waals surface area contributed by atoms with Gasteiger partial charge in [0.2, 0.25) is 15.9 Å². The fourth-order valence-corrected chi connectivity index (χ4v) is 5.90. The van der Waals surface area contributed by atoms with Crippen molar-refractivity contribution in [1.82, 2.24) is 19.7 Å². The van der Waals surface area contributed by atoms with Crippen molar-refractivity contribution in [2.24, 2.45) is 0 Å². The van der Waals surface area contributed by atoms with Gasteiger partial charge < -0.3 is 14.7 Å². The van der Waals surface area contributed by atoms with E-state index in [0.717, 1.165) is 18.1 Å². The molecule has 1 N–H and O–H groups in total. The molecule has 3 heterocycles. The molecule has 0 radical (unpaired) electrons. The van der Waals surface area contributed by atoms with Crippen molar-refractivity contribution in [3.8, 4) is 0 Å². The molecule has 2 aliphatic heterocycles. The molecule has 0 spiro atoms. The summed E-state index contributed by atoms with van der Waals surface area (Å²) < 4.78 is 32.0. The number of hydrogen-bond acceptors (Lipinski definition) is 7. The van der Waals surface area contributed by atoms with Crippen LogP contribution >= 0.6 is 24.2 Å². The van der Waals surface area contributed by atoms with Gasteiger partial charge in [-0.1, -0.05) is 5.16 Å². The Bertz CT molecular complexity index is 707. The van der Waals surface area contributed by atoms with Gasteiger partial charge in [-0.2, -0.15) is 16.1 Å². The Labute approximate surface area is 164 Å². The molecule has 0 saturated carbocycles. The third-order valence-electron chi connectivity index (χ3n) is 4.58. The molecule has 0 aromatic carbocycles. The molecule has 11 heteroatoms. The summed E-state index contributed by atoms with van der Waals surface area (Å²) in [5, 5.41) is 7.09. The van der Waals surface area contributed by atoms with Gasteiger partial charge in [0.25, 0.3) is 0 Å². The molecule has 2 fully saturated rings. The van der Waals surface area contributed by atoms with E-state index in [0.29, 0.717) is 44.1 Å². The van der Waals surface area contributed by atoms with Crippen molar-refractivity contribution < 1.29 is 17.7 Å². The van der Waals surface area contributed by atoms with E-state index < -0.39 is 10.0 Å². The number of sulfonamides is 1. The summed E-state index contributed by atoms with van der Waals surface area (Å²) in [7, 11) is -3.63. The zero-order chi connectivity index (χ0) is 18.0. The van der Waals surface area contributed by atoms with Crippen LogP contribution in [0.1, 0.15) is 17.9 Å². The van der Waals surface area contributed by atoms with E-state index in [2.05, 4.69) is 10.5 Å². The maximum Gasteiger partial charge on any atom is 0.248 e. The fraction of sp³-hybridized carbons (Fsp3) is 0.733. The van der Waals surface area contributed by atoms with E-state index >= 15 is 0 Å². The van der Waals surface area contributed by atoms with Gasteiger partial charge in [-0.15, -0.1) is 12.4 Å². The number of carbonyl (C=O) groups excluding carboxylic acids is 1. The second-order valence-corrected chi connectivity index (χ2v) is 9.39. The highest BCUT2D eigenvalue weighted by molar-refractivity contribution is 7.99. The third kappa shape index (κ3) is 4.53. The molecule has 1 aromatic heterocycles. The number of amides is 1. The fourth-order valence-electron chi connectivity index (χ4n) is 3.24. The number of rotatable bonds is 4. The van der Waals surface area contributed by atoms with Crippen LogP contribution < -0.4 is 5.32 Å². The quantitative estimate of drug-likeness (QED) is 0.757. The molecule has 1 amide bonds. The van der Waals surface area contributed by atoms with Crippen LogP contribution in [-0.2, 0) is 14.8 Å². The van der Waals surface area contributed by atoms with Crippen LogP contribution in [0.25, 0.3) is 0 Å². The summed E-state index contributed by atoms with van der Waals surface area (Å²) >= 11 is 1.86. The van der Waals surface area contributed by atoms with Crippen molar-refractivity contribution in [3.05, 3.63) is 11.5 Å². The zero-order valence-electron chi connectivity index (χ0n) is 14.9. The number of carbonyl (C=O) groups is 1. The van der Waals surface area contributed by atoms with E-state index in [-0.39, 0.29) is 29.3 Å². The van der Waals surface area contributed by atoms with Gasteiger partial charge in [0.1, 0.15) is 10.6 Å². The minimum absolute atomic E-state index is 0. The Balaban J connectivity index is 0.00000243. The molecule has 1 unspecified atom stereocenters. The summed E-state index contributed by atoms with van der Waals surface area (Å²) in [5.41, 5.74) is 0.372. The van der Waals surface area contributed by atoms with Gasteiger partial charge in [0, 0.05) is 56.7 Å². The molecule has 0 aliphatic carbocycles. The Hall–Kier alpha value is -0.810. The standard InChI is InChI=1S/C15H24N4O4S2.ClH/c1-11-15(12(2)23-17-11)25(21,22)19-6-4-18(5-7-19)14(20)9-13-10-24-8-3-16-13;/h13,16H,3-10H2,1-2H3;1H. The van der Waals surface area contributed by atoms with Gasteiger partial charge in [0.05, 0.1) is 0 Å². The molecule has 8 nitrogen and oxygen atoms in total. The van der Waals surface area contributed by atoms with Crippen LogP contribution in [0.3, 0.4) is 0 Å². The third-order valence-corrected chi connectivity index (χ3v) is 7.85. The van der Waals surface area contributed by atoms with E-state index in [4.69, 9.17) is 4.52 Å². The first-order chi connectivity index (χ1) is 11.9. The average Bonchev–Trinajstić information content (AvgIpc) is 2.95. The first-order valence-corrected chi connectivity index (χ1v) is 11.0. The van der Waals surface area contributed by atoms with E-state index in [1.54, 1.807) is 18.7 Å². The highest BCUT2D eigenvalue weighted by Gasteiger charge is 2.34. The number of halogens is 1. The van der Waals surface area contributed by atoms with Gasteiger partial charge in [-0.3, -0.25) is 4.79 Å². The maximum atomic E-state index is 12.8. The van der Waals surface area contributed by atoms with Gasteiger partial charge in [-0.05, 0) is 13.8 Å². The normalized spacial score (nSPS) is 22.1. The van der Waals surface area contributed by atoms with Crippen LogP contribution in [0.5, 0.6) is 0 Å². The lowest BCUT2D eigenvalue weighted by Gasteiger charge is -2.35. The number of aryl methyl sites for hydroxylation is 2. The van der Waals surface area contributed by atoms with Crippen molar-refractivity contribution >= 4 is 40.1 Å². The largest absolute Gasteiger partial charge is 0.360 e. The molecular formula is C15H25ClN4O4S2. The number of piperazine rings is 1. The zero-order valence-corrected chi connectivity index (χ0v) is 17.4. The lowest BCUT2D eigenvalue weighted by Crippen LogP contribution is -2.52. The molecule has 3 rings (SSSR count). The van der Waals surface area contributed by atoms with Gasteiger partial charge in [0.15, 0.2) is 5.76 Å². The number of hydrogen-bond donors (Lipinski definition) is 1. The molecule has 1 aromatic rings. The second kappa shape index (κ2) is 8.92. The van der Waals surface area contributed by atoms with Crippen LogP contribution in [0.15, 0.2) is 9.42 Å². The van der Waals surface area contributed by atoms with Crippen molar-refractivity contribution in [2.75, 3.05) is 44.2 Å². The Morgan fingerprint density at radius 1 is 1.31 bits per heavy atom. The predicted molar refractivity (Wildman–Crippen MR) is 102 cm³/mol. The summed E-state index contributed by atoms with van der Waals surface area (Å²) in [6.45, 7) is 5.59. The van der Waals surface area contributed by atoms with Crippen LogP contribution in [0, 0.1) is 13.8 Å².